The average molecular weight is 163 g/mol. The van der Waals surface area contributed by atoms with Crippen molar-refractivity contribution in [2.24, 2.45) is 0 Å². The molecule has 4 heteroatoms. The van der Waals surface area contributed by atoms with Crippen LogP contribution in [0, 0.1) is 11.3 Å². The van der Waals surface area contributed by atoms with Crippen molar-refractivity contribution in [2.75, 3.05) is 0 Å². The van der Waals surface area contributed by atoms with Gasteiger partial charge in [-0.25, -0.2) is 0 Å². The lowest BCUT2D eigenvalue weighted by Crippen LogP contribution is -1.96. The Labute approximate surface area is 70.4 Å². The van der Waals surface area contributed by atoms with Crippen LogP contribution in [0.3, 0.4) is 0 Å². The normalized spacial score (nSPS) is 9.33. The summed E-state index contributed by atoms with van der Waals surface area (Å²) in [6.07, 6.45) is 3.58. The molecule has 0 aliphatic rings. The molecular weight excluding hydrogens is 154 g/mol. The van der Waals surface area contributed by atoms with Crippen LogP contribution in [0.15, 0.2) is 12.4 Å². The van der Waals surface area contributed by atoms with E-state index in [1.165, 1.54) is 13.1 Å². The first-order chi connectivity index (χ1) is 5.74. The standard InChI is InChI=1S/C8H9N3O/c1-7(12)8-5-10-11(6-8)4-2-3-9/h5-6H,2,4H2,1H3. The minimum atomic E-state index is -0.00166. The maximum Gasteiger partial charge on any atom is 0.162 e. The van der Waals surface area contributed by atoms with Gasteiger partial charge >= 0.3 is 0 Å². The lowest BCUT2D eigenvalue weighted by atomic mass is 10.3. The molecule has 0 unspecified atom stereocenters. The second kappa shape index (κ2) is 3.67. The molecule has 0 bridgehead atoms. The molecule has 1 aromatic heterocycles. The smallest absolute Gasteiger partial charge is 0.162 e. The van der Waals surface area contributed by atoms with Gasteiger partial charge in [0.15, 0.2) is 5.78 Å². The van der Waals surface area contributed by atoms with E-state index in [0.29, 0.717) is 18.5 Å². The van der Waals surface area contributed by atoms with Crippen LogP contribution in [-0.2, 0) is 6.54 Å². The Hall–Kier alpha value is -1.63. The SMILES string of the molecule is CC(=O)c1cnn(CCC#N)c1. The zero-order chi connectivity index (χ0) is 8.97. The van der Waals surface area contributed by atoms with Crippen molar-refractivity contribution >= 4 is 5.78 Å². The number of nitriles is 1. The van der Waals surface area contributed by atoms with Gasteiger partial charge in [0.25, 0.3) is 0 Å². The number of aryl methyl sites for hydroxylation is 1. The maximum atomic E-state index is 10.8. The number of carbonyl (C=O) groups excluding carboxylic acids is 1. The van der Waals surface area contributed by atoms with E-state index in [9.17, 15) is 4.79 Å². The first-order valence-electron chi connectivity index (χ1n) is 3.64. The Balaban J connectivity index is 2.66. The molecule has 1 heterocycles. The highest BCUT2D eigenvalue weighted by atomic mass is 16.1. The third kappa shape index (κ3) is 1.92. The zero-order valence-electron chi connectivity index (χ0n) is 6.82. The van der Waals surface area contributed by atoms with Crippen molar-refractivity contribution in [1.29, 1.82) is 5.26 Å². The fourth-order valence-corrected chi connectivity index (χ4v) is 0.832. The number of carbonyl (C=O) groups is 1. The Kier molecular flexibility index (Phi) is 2.59. The molecule has 0 radical (unpaired) electrons. The van der Waals surface area contributed by atoms with Crippen molar-refractivity contribution < 1.29 is 4.79 Å². The van der Waals surface area contributed by atoms with Gasteiger partial charge in [-0.05, 0) is 6.92 Å². The van der Waals surface area contributed by atoms with Crippen LogP contribution in [0.5, 0.6) is 0 Å². The predicted molar refractivity (Wildman–Crippen MR) is 42.5 cm³/mol. The Bertz CT molecular complexity index is 321. The lowest BCUT2D eigenvalue weighted by Gasteiger charge is -1.92. The van der Waals surface area contributed by atoms with Crippen LogP contribution in [0.25, 0.3) is 0 Å². The number of hydrogen-bond acceptors (Lipinski definition) is 3. The number of rotatable bonds is 3. The molecule has 0 aliphatic carbocycles. The summed E-state index contributed by atoms with van der Waals surface area (Å²) in [4.78, 5) is 10.8. The minimum absolute atomic E-state index is 0.00166. The molecule has 1 rings (SSSR count). The van der Waals surface area contributed by atoms with Crippen molar-refractivity contribution in [2.45, 2.75) is 19.9 Å². The van der Waals surface area contributed by atoms with Crippen LogP contribution in [0.4, 0.5) is 0 Å². The van der Waals surface area contributed by atoms with E-state index >= 15 is 0 Å². The summed E-state index contributed by atoms with van der Waals surface area (Å²) in [5.74, 6) is -0.00166. The van der Waals surface area contributed by atoms with Crippen molar-refractivity contribution in [3.8, 4) is 6.07 Å². The molecule has 0 amide bonds. The first-order valence-corrected chi connectivity index (χ1v) is 3.64. The third-order valence-corrected chi connectivity index (χ3v) is 1.49. The van der Waals surface area contributed by atoms with E-state index in [2.05, 4.69) is 5.10 Å². The second-order valence-corrected chi connectivity index (χ2v) is 2.46. The lowest BCUT2D eigenvalue weighted by molar-refractivity contribution is 0.101. The van der Waals surface area contributed by atoms with Crippen LogP contribution in [-0.4, -0.2) is 15.6 Å². The molecule has 0 aliphatic heterocycles. The highest BCUT2D eigenvalue weighted by molar-refractivity contribution is 5.93. The van der Waals surface area contributed by atoms with Gasteiger partial charge in [-0.1, -0.05) is 0 Å². The average Bonchev–Trinajstić information content (AvgIpc) is 2.48. The fourth-order valence-electron chi connectivity index (χ4n) is 0.832. The molecule has 1 aromatic rings. The summed E-state index contributed by atoms with van der Waals surface area (Å²) < 4.78 is 1.60. The summed E-state index contributed by atoms with van der Waals surface area (Å²) in [5, 5.41) is 12.2. The maximum absolute atomic E-state index is 10.8. The number of ketones is 1. The van der Waals surface area contributed by atoms with E-state index in [4.69, 9.17) is 5.26 Å². The molecule has 62 valence electrons. The highest BCUT2D eigenvalue weighted by Gasteiger charge is 2.01. The van der Waals surface area contributed by atoms with E-state index in [-0.39, 0.29) is 5.78 Å². The predicted octanol–water partition coefficient (Wildman–Crippen LogP) is 0.999. The summed E-state index contributed by atoms with van der Waals surface area (Å²) in [5.41, 5.74) is 0.591. The molecular formula is C8H9N3O. The van der Waals surface area contributed by atoms with Crippen LogP contribution in [0.2, 0.25) is 0 Å². The minimum Gasteiger partial charge on any atom is -0.294 e. The molecule has 0 saturated carbocycles. The second-order valence-electron chi connectivity index (χ2n) is 2.46. The van der Waals surface area contributed by atoms with Gasteiger partial charge in [0.05, 0.1) is 30.8 Å². The van der Waals surface area contributed by atoms with E-state index in [1.807, 2.05) is 6.07 Å². The zero-order valence-corrected chi connectivity index (χ0v) is 6.82. The highest BCUT2D eigenvalue weighted by Crippen LogP contribution is 1.98. The topological polar surface area (TPSA) is 58.7 Å². The Morgan fingerprint density at radius 3 is 3.08 bits per heavy atom. The monoisotopic (exact) mass is 163 g/mol. The van der Waals surface area contributed by atoms with E-state index < -0.39 is 0 Å². The van der Waals surface area contributed by atoms with Gasteiger partial charge in [0.2, 0.25) is 0 Å². The van der Waals surface area contributed by atoms with Crippen molar-refractivity contribution in [3.63, 3.8) is 0 Å². The van der Waals surface area contributed by atoms with E-state index in [1.54, 1.807) is 10.9 Å². The molecule has 0 spiro atoms. The molecule has 0 aromatic carbocycles. The molecule has 0 saturated heterocycles. The van der Waals surface area contributed by atoms with Gasteiger partial charge < -0.3 is 0 Å². The number of Topliss-reactive ketones (excluding diaryl/α,β-unsaturated/α-hetero) is 1. The third-order valence-electron chi connectivity index (χ3n) is 1.49. The Morgan fingerprint density at radius 2 is 2.58 bits per heavy atom. The molecule has 12 heavy (non-hydrogen) atoms. The van der Waals surface area contributed by atoms with Crippen LogP contribution in [0.1, 0.15) is 23.7 Å². The van der Waals surface area contributed by atoms with Gasteiger partial charge in [0.1, 0.15) is 0 Å². The summed E-state index contributed by atoms with van der Waals surface area (Å²) >= 11 is 0. The number of nitrogens with zero attached hydrogens (tertiary/aromatic N) is 3. The largest absolute Gasteiger partial charge is 0.294 e. The first kappa shape index (κ1) is 8.47. The van der Waals surface area contributed by atoms with Gasteiger partial charge in [-0.3, -0.25) is 9.48 Å². The summed E-state index contributed by atoms with van der Waals surface area (Å²) in [7, 11) is 0. The fraction of sp³-hybridized carbons (Fsp3) is 0.375. The van der Waals surface area contributed by atoms with Crippen LogP contribution >= 0.6 is 0 Å². The van der Waals surface area contributed by atoms with Crippen molar-refractivity contribution in [3.05, 3.63) is 18.0 Å². The summed E-state index contributed by atoms with van der Waals surface area (Å²) in [6.45, 7) is 2.04. The quantitative estimate of drug-likeness (QED) is 0.624. The molecule has 0 atom stereocenters. The molecule has 0 fully saturated rings. The van der Waals surface area contributed by atoms with Crippen molar-refractivity contribution in [1.82, 2.24) is 9.78 Å². The number of hydrogen-bond donors (Lipinski definition) is 0. The van der Waals surface area contributed by atoms with Gasteiger partial charge in [-0.15, -0.1) is 0 Å². The van der Waals surface area contributed by atoms with Crippen LogP contribution < -0.4 is 0 Å². The molecule has 0 N–H and O–H groups in total. The van der Waals surface area contributed by atoms with Gasteiger partial charge in [-0.2, -0.15) is 10.4 Å². The van der Waals surface area contributed by atoms with Gasteiger partial charge in [0, 0.05) is 6.20 Å². The molecule has 4 nitrogen and oxygen atoms in total. The Morgan fingerprint density at radius 1 is 1.83 bits per heavy atom. The number of aromatic nitrogens is 2. The van der Waals surface area contributed by atoms with E-state index in [0.717, 1.165) is 0 Å². The summed E-state index contributed by atoms with van der Waals surface area (Å²) in [6, 6.07) is 2.01.